The van der Waals surface area contributed by atoms with E-state index in [1.165, 1.54) is 0 Å². The molecule has 0 spiro atoms. The molecule has 1 N–H and O–H groups in total. The lowest BCUT2D eigenvalue weighted by molar-refractivity contribution is -0.124. The van der Waals surface area contributed by atoms with E-state index < -0.39 is 11.3 Å². The zero-order valence-corrected chi connectivity index (χ0v) is 15.9. The van der Waals surface area contributed by atoms with Crippen molar-refractivity contribution >= 4 is 17.0 Å². The average Bonchev–Trinajstić information content (AvgIpc) is 3.26. The number of nitrogens with one attached hydrogen (secondary N) is 1. The summed E-state index contributed by atoms with van der Waals surface area (Å²) in [5.41, 5.74) is 0.760. The molecule has 0 saturated heterocycles. The molecule has 8 heteroatoms. The van der Waals surface area contributed by atoms with Gasteiger partial charge in [-0.05, 0) is 31.4 Å². The van der Waals surface area contributed by atoms with Gasteiger partial charge in [0.15, 0.2) is 11.4 Å². The molecule has 0 aliphatic heterocycles. The molecule has 8 nitrogen and oxygen atoms in total. The molecule has 1 aliphatic rings. The summed E-state index contributed by atoms with van der Waals surface area (Å²) >= 11 is 0. The fourth-order valence-corrected chi connectivity index (χ4v) is 4.01. The molecule has 148 valence electrons. The number of amides is 1. The number of para-hydroxylation sites is 2. The van der Waals surface area contributed by atoms with Crippen molar-refractivity contribution in [2.75, 3.05) is 0 Å². The highest BCUT2D eigenvalue weighted by Gasteiger charge is 2.39. The van der Waals surface area contributed by atoms with E-state index >= 15 is 0 Å². The summed E-state index contributed by atoms with van der Waals surface area (Å²) in [6.07, 6.45) is 5.65. The van der Waals surface area contributed by atoms with Crippen LogP contribution in [0.5, 0.6) is 0 Å². The molecule has 1 saturated carbocycles. The molecule has 0 atom stereocenters. The van der Waals surface area contributed by atoms with Crippen LogP contribution >= 0.6 is 0 Å². The molecule has 2 heterocycles. The average molecular weight is 384 g/mol. The minimum absolute atomic E-state index is 0.0646. The maximum absolute atomic E-state index is 12.7. The summed E-state index contributed by atoms with van der Waals surface area (Å²) in [6, 6.07) is 7.29. The second kappa shape index (κ2) is 7.61. The Bertz CT molecular complexity index is 1030. The van der Waals surface area contributed by atoms with E-state index in [1.54, 1.807) is 17.6 Å². The number of aromatic nitrogens is 3. The molecule has 3 aromatic rings. The molecule has 1 aliphatic carbocycles. The quantitative estimate of drug-likeness (QED) is 0.701. The first-order valence-electron chi connectivity index (χ1n) is 9.78. The van der Waals surface area contributed by atoms with Gasteiger partial charge in [0.1, 0.15) is 5.54 Å². The number of carbonyl (C=O) groups excluding carboxylic acids is 1. The van der Waals surface area contributed by atoms with E-state index in [2.05, 4.69) is 15.5 Å². The van der Waals surface area contributed by atoms with Crippen molar-refractivity contribution in [3.05, 3.63) is 46.5 Å². The zero-order chi connectivity index (χ0) is 19.6. The molecular weight excluding hydrogens is 360 g/mol. The van der Waals surface area contributed by atoms with Crippen molar-refractivity contribution in [1.29, 1.82) is 0 Å². The second-order valence-corrected chi connectivity index (χ2v) is 7.42. The number of hydrogen-bond acceptors (Lipinski definition) is 6. The lowest BCUT2D eigenvalue weighted by atomic mass is 9.81. The zero-order valence-electron chi connectivity index (χ0n) is 15.9. The smallest absolute Gasteiger partial charge is 0.408 e. The maximum Gasteiger partial charge on any atom is 0.419 e. The Morgan fingerprint density at radius 3 is 2.79 bits per heavy atom. The number of benzene rings is 1. The Morgan fingerprint density at radius 1 is 1.25 bits per heavy atom. The van der Waals surface area contributed by atoms with Gasteiger partial charge in [-0.15, -0.1) is 0 Å². The number of hydrogen-bond donors (Lipinski definition) is 1. The number of fused-ring (bicyclic) bond motifs is 1. The van der Waals surface area contributed by atoms with Gasteiger partial charge in [0.05, 0.1) is 5.52 Å². The van der Waals surface area contributed by atoms with Crippen molar-refractivity contribution in [1.82, 2.24) is 20.0 Å². The van der Waals surface area contributed by atoms with Gasteiger partial charge in [-0.25, -0.2) is 4.79 Å². The first kappa shape index (κ1) is 18.5. The summed E-state index contributed by atoms with van der Waals surface area (Å²) in [5.74, 6) is 0.605. The summed E-state index contributed by atoms with van der Waals surface area (Å²) in [5, 5.41) is 7.23. The van der Waals surface area contributed by atoms with E-state index in [0.29, 0.717) is 36.7 Å². The van der Waals surface area contributed by atoms with Gasteiger partial charge in [-0.1, -0.05) is 36.6 Å². The van der Waals surface area contributed by atoms with Crippen molar-refractivity contribution in [2.45, 2.75) is 64.0 Å². The Morgan fingerprint density at radius 2 is 2.04 bits per heavy atom. The van der Waals surface area contributed by atoms with Crippen LogP contribution in [0, 0.1) is 6.92 Å². The van der Waals surface area contributed by atoms with E-state index in [9.17, 15) is 9.59 Å². The standard InChI is InChI=1S/C20H24N4O4/c1-14-21-18(23-28-14)20(11-5-2-6-12-20)22-17(25)10-7-13-24-15-8-3-4-9-16(15)27-19(24)26/h3-4,8-9H,2,5-7,10-13H2,1H3,(H,22,25). The molecule has 1 fully saturated rings. The molecule has 2 aromatic heterocycles. The minimum Gasteiger partial charge on any atom is -0.408 e. The Balaban J connectivity index is 1.41. The van der Waals surface area contributed by atoms with E-state index in [1.807, 2.05) is 18.2 Å². The normalized spacial score (nSPS) is 16.3. The Kier molecular flexibility index (Phi) is 5.02. The third-order valence-electron chi connectivity index (χ3n) is 5.40. The molecule has 1 aromatic carbocycles. The third kappa shape index (κ3) is 3.58. The first-order chi connectivity index (χ1) is 13.6. The Hall–Kier alpha value is -2.90. The Labute approximate surface area is 161 Å². The van der Waals surface area contributed by atoms with Crippen LogP contribution in [0.3, 0.4) is 0 Å². The van der Waals surface area contributed by atoms with Crippen molar-refractivity contribution in [2.24, 2.45) is 0 Å². The number of nitrogens with zero attached hydrogens (tertiary/aromatic N) is 3. The minimum atomic E-state index is -0.549. The fourth-order valence-electron chi connectivity index (χ4n) is 4.01. The van der Waals surface area contributed by atoms with Gasteiger partial charge in [0.25, 0.3) is 0 Å². The first-order valence-corrected chi connectivity index (χ1v) is 9.78. The van der Waals surface area contributed by atoms with Gasteiger partial charge in [0.2, 0.25) is 11.8 Å². The van der Waals surface area contributed by atoms with E-state index in [-0.39, 0.29) is 5.91 Å². The maximum atomic E-state index is 12.7. The summed E-state index contributed by atoms with van der Waals surface area (Å²) in [7, 11) is 0. The summed E-state index contributed by atoms with van der Waals surface area (Å²) in [4.78, 5) is 29.1. The topological polar surface area (TPSA) is 103 Å². The highest BCUT2D eigenvalue weighted by molar-refractivity contribution is 5.77. The van der Waals surface area contributed by atoms with Crippen LogP contribution in [0.2, 0.25) is 0 Å². The molecule has 0 unspecified atom stereocenters. The predicted molar refractivity (Wildman–Crippen MR) is 102 cm³/mol. The second-order valence-electron chi connectivity index (χ2n) is 7.42. The van der Waals surface area contributed by atoms with Crippen LogP contribution in [0.1, 0.15) is 56.7 Å². The van der Waals surface area contributed by atoms with Crippen LogP contribution in [0.15, 0.2) is 38.0 Å². The molecule has 28 heavy (non-hydrogen) atoms. The summed E-state index contributed by atoms with van der Waals surface area (Å²) in [6.45, 7) is 2.18. The highest BCUT2D eigenvalue weighted by Crippen LogP contribution is 2.35. The molecule has 0 bridgehead atoms. The van der Waals surface area contributed by atoms with E-state index in [0.717, 1.165) is 37.6 Å². The van der Waals surface area contributed by atoms with E-state index in [4.69, 9.17) is 8.94 Å². The highest BCUT2D eigenvalue weighted by atomic mass is 16.5. The third-order valence-corrected chi connectivity index (χ3v) is 5.40. The van der Waals surface area contributed by atoms with Crippen LogP contribution in [-0.2, 0) is 16.9 Å². The van der Waals surface area contributed by atoms with Gasteiger partial charge < -0.3 is 14.3 Å². The van der Waals surface area contributed by atoms with Crippen LogP contribution < -0.4 is 11.1 Å². The molecular formula is C20H24N4O4. The van der Waals surface area contributed by atoms with Crippen molar-refractivity contribution < 1.29 is 13.7 Å². The van der Waals surface area contributed by atoms with Gasteiger partial charge in [-0.3, -0.25) is 9.36 Å². The largest absolute Gasteiger partial charge is 0.419 e. The van der Waals surface area contributed by atoms with Gasteiger partial charge in [-0.2, -0.15) is 4.98 Å². The van der Waals surface area contributed by atoms with Gasteiger partial charge in [0, 0.05) is 19.9 Å². The lowest BCUT2D eigenvalue weighted by Crippen LogP contribution is -2.48. The molecule has 4 rings (SSSR count). The molecule has 1 amide bonds. The number of aryl methyl sites for hydroxylation is 2. The van der Waals surface area contributed by atoms with Crippen LogP contribution in [0.25, 0.3) is 11.1 Å². The SMILES string of the molecule is Cc1nc(C2(NC(=O)CCCn3c(=O)oc4ccccc43)CCCCC2)no1. The number of carbonyl (C=O) groups is 1. The molecule has 0 radical (unpaired) electrons. The number of oxazole rings is 1. The van der Waals surface area contributed by atoms with Crippen molar-refractivity contribution in [3.63, 3.8) is 0 Å². The lowest BCUT2D eigenvalue weighted by Gasteiger charge is -2.35. The summed E-state index contributed by atoms with van der Waals surface area (Å²) < 4.78 is 12.0. The fraction of sp³-hybridized carbons (Fsp3) is 0.500. The van der Waals surface area contributed by atoms with Crippen molar-refractivity contribution in [3.8, 4) is 0 Å². The van der Waals surface area contributed by atoms with Crippen LogP contribution in [-0.4, -0.2) is 20.6 Å². The monoisotopic (exact) mass is 384 g/mol. The predicted octanol–water partition coefficient (Wildman–Crippen LogP) is 3.04. The number of rotatable bonds is 6. The van der Waals surface area contributed by atoms with Crippen LogP contribution in [0.4, 0.5) is 0 Å². The van der Waals surface area contributed by atoms with Gasteiger partial charge >= 0.3 is 5.76 Å².